The maximum Gasteiger partial charge on any atom is 0.355 e. The Morgan fingerprint density at radius 2 is 2.36 bits per heavy atom. The summed E-state index contributed by atoms with van der Waals surface area (Å²) in [5, 5.41) is 15.3. The van der Waals surface area contributed by atoms with E-state index in [0.717, 1.165) is 11.3 Å². The molecular weight excluding hydrogens is 206 g/mol. The van der Waals surface area contributed by atoms with Crippen LogP contribution >= 0.6 is 11.3 Å². The summed E-state index contributed by atoms with van der Waals surface area (Å²) in [5.41, 5.74) is -0.0604. The molecular formula is C7H9N3O3S. The summed E-state index contributed by atoms with van der Waals surface area (Å²) in [7, 11) is 1.64. The van der Waals surface area contributed by atoms with Gasteiger partial charge in [0.15, 0.2) is 10.8 Å². The van der Waals surface area contributed by atoms with Crippen LogP contribution in [0.4, 0.5) is 5.13 Å². The Kier molecular flexibility index (Phi) is 3.55. The standard InChI is InChI=1S/C7H9N3O3S/c1-8-2-5(11)10-7-9-4(3-14-7)6(12)13/h3,8H,2H2,1H3,(H,12,13)(H,9,10,11). The van der Waals surface area contributed by atoms with E-state index in [-0.39, 0.29) is 18.1 Å². The van der Waals surface area contributed by atoms with E-state index < -0.39 is 5.97 Å². The van der Waals surface area contributed by atoms with Gasteiger partial charge >= 0.3 is 5.97 Å². The van der Waals surface area contributed by atoms with Crippen LogP contribution in [0.5, 0.6) is 0 Å². The van der Waals surface area contributed by atoms with Crippen molar-refractivity contribution in [2.75, 3.05) is 18.9 Å². The van der Waals surface area contributed by atoms with Gasteiger partial charge in [0.1, 0.15) is 0 Å². The maximum absolute atomic E-state index is 11.0. The number of carboxylic acid groups (broad SMARTS) is 1. The second kappa shape index (κ2) is 4.68. The van der Waals surface area contributed by atoms with Crippen LogP contribution in [0.15, 0.2) is 5.38 Å². The van der Waals surface area contributed by atoms with Crippen LogP contribution in [0.1, 0.15) is 10.5 Å². The van der Waals surface area contributed by atoms with E-state index >= 15 is 0 Å². The van der Waals surface area contributed by atoms with Crippen molar-refractivity contribution in [3.05, 3.63) is 11.1 Å². The summed E-state index contributed by atoms with van der Waals surface area (Å²) in [4.78, 5) is 25.2. The van der Waals surface area contributed by atoms with Crippen LogP contribution in [-0.4, -0.2) is 35.6 Å². The molecule has 7 heteroatoms. The second-order valence-electron chi connectivity index (χ2n) is 2.42. The van der Waals surface area contributed by atoms with E-state index in [1.807, 2.05) is 0 Å². The van der Waals surface area contributed by atoms with Gasteiger partial charge in [-0.2, -0.15) is 0 Å². The van der Waals surface area contributed by atoms with E-state index in [9.17, 15) is 9.59 Å². The first-order valence-corrected chi connectivity index (χ1v) is 4.64. The third kappa shape index (κ3) is 2.79. The minimum absolute atomic E-state index is 0.0604. The summed E-state index contributed by atoms with van der Waals surface area (Å²) in [6.07, 6.45) is 0. The smallest absolute Gasteiger partial charge is 0.355 e. The molecule has 0 aliphatic heterocycles. The fraction of sp³-hybridized carbons (Fsp3) is 0.286. The van der Waals surface area contributed by atoms with Crippen molar-refractivity contribution in [3.63, 3.8) is 0 Å². The third-order valence-electron chi connectivity index (χ3n) is 1.31. The zero-order valence-electron chi connectivity index (χ0n) is 7.40. The van der Waals surface area contributed by atoms with Crippen LogP contribution in [0, 0.1) is 0 Å². The van der Waals surface area contributed by atoms with Crippen molar-refractivity contribution in [2.45, 2.75) is 0 Å². The number of nitrogens with zero attached hydrogens (tertiary/aromatic N) is 1. The molecule has 1 heterocycles. The minimum Gasteiger partial charge on any atom is -0.476 e. The van der Waals surface area contributed by atoms with Crippen molar-refractivity contribution >= 4 is 28.3 Å². The molecule has 0 atom stereocenters. The minimum atomic E-state index is -1.10. The van der Waals surface area contributed by atoms with Crippen LogP contribution in [0.25, 0.3) is 0 Å². The van der Waals surface area contributed by atoms with E-state index in [1.165, 1.54) is 5.38 Å². The number of anilines is 1. The average molecular weight is 215 g/mol. The van der Waals surface area contributed by atoms with Crippen molar-refractivity contribution < 1.29 is 14.7 Å². The molecule has 0 saturated heterocycles. The van der Waals surface area contributed by atoms with Crippen molar-refractivity contribution in [2.24, 2.45) is 0 Å². The summed E-state index contributed by atoms with van der Waals surface area (Å²) in [5.74, 6) is -1.35. The molecule has 0 saturated carbocycles. The van der Waals surface area contributed by atoms with E-state index in [1.54, 1.807) is 7.05 Å². The van der Waals surface area contributed by atoms with Gasteiger partial charge in [0, 0.05) is 5.38 Å². The predicted molar refractivity (Wildman–Crippen MR) is 51.6 cm³/mol. The van der Waals surface area contributed by atoms with Gasteiger partial charge in [0.05, 0.1) is 6.54 Å². The molecule has 0 spiro atoms. The van der Waals surface area contributed by atoms with Gasteiger partial charge in [0.25, 0.3) is 0 Å². The Labute approximate surface area is 84.0 Å². The SMILES string of the molecule is CNCC(=O)Nc1nc(C(=O)O)cs1. The molecule has 1 amide bonds. The zero-order chi connectivity index (χ0) is 10.6. The van der Waals surface area contributed by atoms with Gasteiger partial charge in [-0.25, -0.2) is 9.78 Å². The fourth-order valence-electron chi connectivity index (χ4n) is 0.753. The Morgan fingerprint density at radius 1 is 1.64 bits per heavy atom. The molecule has 0 unspecified atom stereocenters. The van der Waals surface area contributed by atoms with Crippen molar-refractivity contribution in [1.82, 2.24) is 10.3 Å². The second-order valence-corrected chi connectivity index (χ2v) is 3.28. The number of hydrogen-bond acceptors (Lipinski definition) is 5. The normalized spacial score (nSPS) is 9.79. The van der Waals surface area contributed by atoms with Gasteiger partial charge in [-0.15, -0.1) is 11.3 Å². The van der Waals surface area contributed by atoms with E-state index in [0.29, 0.717) is 5.13 Å². The number of hydrogen-bond donors (Lipinski definition) is 3. The monoisotopic (exact) mass is 215 g/mol. The Bertz CT molecular complexity index is 350. The van der Waals surface area contributed by atoms with Gasteiger partial charge in [-0.1, -0.05) is 0 Å². The molecule has 3 N–H and O–H groups in total. The molecule has 1 aromatic heterocycles. The number of rotatable bonds is 4. The molecule has 1 rings (SSSR count). The predicted octanol–water partition coefficient (Wildman–Crippen LogP) is -0.000800. The number of carbonyl (C=O) groups is 2. The lowest BCUT2D eigenvalue weighted by atomic mass is 10.5. The molecule has 0 aliphatic carbocycles. The van der Waals surface area contributed by atoms with E-state index in [2.05, 4.69) is 15.6 Å². The number of nitrogens with one attached hydrogen (secondary N) is 2. The number of carboxylic acids is 1. The summed E-state index contributed by atoms with van der Waals surface area (Å²) < 4.78 is 0. The number of aromatic nitrogens is 1. The van der Waals surface area contributed by atoms with Gasteiger partial charge < -0.3 is 15.7 Å². The highest BCUT2D eigenvalue weighted by molar-refractivity contribution is 7.14. The molecule has 76 valence electrons. The average Bonchev–Trinajstić information content (AvgIpc) is 2.53. The van der Waals surface area contributed by atoms with Gasteiger partial charge in [-0.3, -0.25) is 4.79 Å². The Balaban J connectivity index is 2.59. The quantitative estimate of drug-likeness (QED) is 0.657. The lowest BCUT2D eigenvalue weighted by Crippen LogP contribution is -2.25. The number of amides is 1. The molecule has 0 bridgehead atoms. The van der Waals surface area contributed by atoms with Crippen molar-refractivity contribution in [1.29, 1.82) is 0 Å². The highest BCUT2D eigenvalue weighted by Crippen LogP contribution is 2.14. The highest BCUT2D eigenvalue weighted by Gasteiger charge is 2.09. The first-order chi connectivity index (χ1) is 6.63. The van der Waals surface area contributed by atoms with Gasteiger partial charge in [0.2, 0.25) is 5.91 Å². The van der Waals surface area contributed by atoms with Crippen LogP contribution in [-0.2, 0) is 4.79 Å². The topological polar surface area (TPSA) is 91.3 Å². The highest BCUT2D eigenvalue weighted by atomic mass is 32.1. The molecule has 0 fully saturated rings. The fourth-order valence-corrected chi connectivity index (χ4v) is 1.45. The molecule has 6 nitrogen and oxygen atoms in total. The third-order valence-corrected chi connectivity index (χ3v) is 2.06. The van der Waals surface area contributed by atoms with Gasteiger partial charge in [-0.05, 0) is 7.05 Å². The summed E-state index contributed by atoms with van der Waals surface area (Å²) in [6, 6.07) is 0. The number of aromatic carboxylic acids is 1. The molecule has 14 heavy (non-hydrogen) atoms. The number of carbonyl (C=O) groups excluding carboxylic acids is 1. The van der Waals surface area contributed by atoms with Crippen LogP contribution in [0.2, 0.25) is 0 Å². The number of likely N-dealkylation sites (N-methyl/N-ethyl adjacent to an activating group) is 1. The Morgan fingerprint density at radius 3 is 2.86 bits per heavy atom. The van der Waals surface area contributed by atoms with Crippen molar-refractivity contribution in [3.8, 4) is 0 Å². The first kappa shape index (κ1) is 10.6. The summed E-state index contributed by atoms with van der Waals surface area (Å²) in [6.45, 7) is 0.169. The molecule has 0 aliphatic rings. The summed E-state index contributed by atoms with van der Waals surface area (Å²) >= 11 is 1.08. The molecule has 0 aromatic carbocycles. The van der Waals surface area contributed by atoms with E-state index in [4.69, 9.17) is 5.11 Å². The maximum atomic E-state index is 11.0. The largest absolute Gasteiger partial charge is 0.476 e. The lowest BCUT2D eigenvalue weighted by molar-refractivity contribution is -0.115. The lowest BCUT2D eigenvalue weighted by Gasteiger charge is -1.98. The van der Waals surface area contributed by atoms with Crippen LogP contribution in [0.3, 0.4) is 0 Å². The Hall–Kier alpha value is -1.47. The molecule has 1 aromatic rings. The number of thiazole rings is 1. The zero-order valence-corrected chi connectivity index (χ0v) is 8.22. The van der Waals surface area contributed by atoms with Crippen LogP contribution < -0.4 is 10.6 Å². The molecule has 0 radical (unpaired) electrons. The first-order valence-electron chi connectivity index (χ1n) is 3.76.